The minimum absolute atomic E-state index is 0.303. The fraction of sp³-hybridized carbons (Fsp3) is 1.00. The standard InChI is InChI=1S/C12H25NO2/c1-11(4-3-7-14)13-10-12(2)5-8-15-9-6-12/h11,13-14H,3-10H2,1-2H3. The van der Waals surface area contributed by atoms with Crippen molar-refractivity contribution in [2.75, 3.05) is 26.4 Å². The van der Waals surface area contributed by atoms with Crippen molar-refractivity contribution in [2.24, 2.45) is 5.41 Å². The van der Waals surface area contributed by atoms with Crippen molar-refractivity contribution in [3.8, 4) is 0 Å². The van der Waals surface area contributed by atoms with Gasteiger partial charge in [0.1, 0.15) is 0 Å². The highest BCUT2D eigenvalue weighted by molar-refractivity contribution is 4.80. The van der Waals surface area contributed by atoms with Gasteiger partial charge in [-0.05, 0) is 38.0 Å². The average molecular weight is 215 g/mol. The van der Waals surface area contributed by atoms with Gasteiger partial charge in [0.2, 0.25) is 0 Å². The van der Waals surface area contributed by atoms with E-state index in [0.717, 1.165) is 45.4 Å². The highest BCUT2D eigenvalue weighted by Crippen LogP contribution is 2.28. The maximum atomic E-state index is 8.74. The Bertz CT molecular complexity index is 167. The zero-order valence-corrected chi connectivity index (χ0v) is 10.1. The summed E-state index contributed by atoms with van der Waals surface area (Å²) >= 11 is 0. The van der Waals surface area contributed by atoms with Gasteiger partial charge in [-0.2, -0.15) is 0 Å². The molecule has 0 radical (unpaired) electrons. The lowest BCUT2D eigenvalue weighted by molar-refractivity contribution is 0.0229. The SMILES string of the molecule is CC(CCCO)NCC1(C)CCOCC1. The van der Waals surface area contributed by atoms with Crippen LogP contribution in [0.1, 0.15) is 39.5 Å². The van der Waals surface area contributed by atoms with Crippen LogP contribution in [0.15, 0.2) is 0 Å². The Morgan fingerprint density at radius 1 is 1.40 bits per heavy atom. The maximum absolute atomic E-state index is 8.74. The first kappa shape index (κ1) is 12.9. The molecule has 0 aromatic rings. The summed E-state index contributed by atoms with van der Waals surface area (Å²) in [6, 6.07) is 0.511. The van der Waals surface area contributed by atoms with Crippen LogP contribution in [-0.2, 0) is 4.74 Å². The van der Waals surface area contributed by atoms with Gasteiger partial charge in [0.15, 0.2) is 0 Å². The molecular weight excluding hydrogens is 190 g/mol. The Kier molecular flexibility index (Phi) is 5.58. The Morgan fingerprint density at radius 2 is 2.07 bits per heavy atom. The second kappa shape index (κ2) is 6.46. The van der Waals surface area contributed by atoms with E-state index in [2.05, 4.69) is 19.2 Å². The van der Waals surface area contributed by atoms with Gasteiger partial charge in [-0.1, -0.05) is 6.92 Å². The van der Waals surface area contributed by atoms with Crippen molar-refractivity contribution in [1.82, 2.24) is 5.32 Å². The molecule has 1 rings (SSSR count). The molecular formula is C12H25NO2. The summed E-state index contributed by atoms with van der Waals surface area (Å²) < 4.78 is 5.38. The minimum atomic E-state index is 0.303. The molecule has 1 atom stereocenters. The lowest BCUT2D eigenvalue weighted by Crippen LogP contribution is -2.40. The van der Waals surface area contributed by atoms with Gasteiger partial charge >= 0.3 is 0 Å². The Hall–Kier alpha value is -0.120. The van der Waals surface area contributed by atoms with E-state index in [-0.39, 0.29) is 0 Å². The van der Waals surface area contributed by atoms with Crippen LogP contribution in [0.2, 0.25) is 0 Å². The molecule has 0 bridgehead atoms. The normalized spacial score (nSPS) is 22.6. The lowest BCUT2D eigenvalue weighted by Gasteiger charge is -2.34. The summed E-state index contributed by atoms with van der Waals surface area (Å²) in [5, 5.41) is 12.3. The van der Waals surface area contributed by atoms with Crippen molar-refractivity contribution >= 4 is 0 Å². The fourth-order valence-corrected chi connectivity index (χ4v) is 1.96. The Labute approximate surface area is 93.2 Å². The molecule has 0 aromatic carbocycles. The maximum Gasteiger partial charge on any atom is 0.0471 e. The van der Waals surface area contributed by atoms with E-state index in [1.807, 2.05) is 0 Å². The summed E-state index contributed by atoms with van der Waals surface area (Å²) in [6.07, 6.45) is 4.27. The van der Waals surface area contributed by atoms with Crippen LogP contribution >= 0.6 is 0 Å². The molecule has 2 N–H and O–H groups in total. The van der Waals surface area contributed by atoms with E-state index < -0.39 is 0 Å². The number of ether oxygens (including phenoxy) is 1. The first-order chi connectivity index (χ1) is 7.16. The molecule has 3 nitrogen and oxygen atoms in total. The van der Waals surface area contributed by atoms with E-state index in [1.54, 1.807) is 0 Å². The van der Waals surface area contributed by atoms with E-state index >= 15 is 0 Å². The van der Waals surface area contributed by atoms with Crippen molar-refractivity contribution in [2.45, 2.75) is 45.6 Å². The minimum Gasteiger partial charge on any atom is -0.396 e. The number of nitrogens with one attached hydrogen (secondary N) is 1. The third-order valence-electron chi connectivity index (χ3n) is 3.37. The molecule has 90 valence electrons. The number of hydrogen-bond donors (Lipinski definition) is 2. The topological polar surface area (TPSA) is 41.5 Å². The molecule has 0 spiro atoms. The second-order valence-electron chi connectivity index (χ2n) is 5.07. The molecule has 1 aliphatic heterocycles. The molecule has 1 aliphatic rings. The van der Waals surface area contributed by atoms with Gasteiger partial charge in [-0.3, -0.25) is 0 Å². The van der Waals surface area contributed by atoms with Crippen molar-refractivity contribution in [3.63, 3.8) is 0 Å². The molecule has 3 heteroatoms. The zero-order valence-electron chi connectivity index (χ0n) is 10.1. The summed E-state index contributed by atoms with van der Waals surface area (Å²) in [7, 11) is 0. The molecule has 15 heavy (non-hydrogen) atoms. The van der Waals surface area contributed by atoms with E-state index in [9.17, 15) is 0 Å². The number of rotatable bonds is 6. The van der Waals surface area contributed by atoms with E-state index in [0.29, 0.717) is 18.1 Å². The van der Waals surface area contributed by atoms with Gasteiger partial charge in [-0.25, -0.2) is 0 Å². The monoisotopic (exact) mass is 215 g/mol. The van der Waals surface area contributed by atoms with Crippen LogP contribution < -0.4 is 5.32 Å². The third kappa shape index (κ3) is 4.96. The predicted octanol–water partition coefficient (Wildman–Crippen LogP) is 1.55. The highest BCUT2D eigenvalue weighted by atomic mass is 16.5. The van der Waals surface area contributed by atoms with Gasteiger partial charge in [0.05, 0.1) is 0 Å². The van der Waals surface area contributed by atoms with E-state index in [1.165, 1.54) is 0 Å². The molecule has 1 saturated heterocycles. The summed E-state index contributed by atoms with van der Waals surface area (Å²) in [6.45, 7) is 7.71. The molecule has 0 amide bonds. The smallest absolute Gasteiger partial charge is 0.0471 e. The molecule has 1 unspecified atom stereocenters. The number of aliphatic hydroxyl groups is 1. The summed E-state index contributed by atoms with van der Waals surface area (Å²) in [4.78, 5) is 0. The van der Waals surface area contributed by atoms with Gasteiger partial charge in [0.25, 0.3) is 0 Å². The highest BCUT2D eigenvalue weighted by Gasteiger charge is 2.27. The quantitative estimate of drug-likeness (QED) is 0.706. The Morgan fingerprint density at radius 3 is 2.67 bits per heavy atom. The largest absolute Gasteiger partial charge is 0.396 e. The first-order valence-electron chi connectivity index (χ1n) is 6.08. The zero-order chi connectivity index (χ0) is 11.1. The molecule has 1 heterocycles. The molecule has 0 aliphatic carbocycles. The van der Waals surface area contributed by atoms with Crippen LogP contribution in [0.25, 0.3) is 0 Å². The van der Waals surface area contributed by atoms with Crippen LogP contribution in [0.3, 0.4) is 0 Å². The van der Waals surface area contributed by atoms with Gasteiger partial charge < -0.3 is 15.2 Å². The van der Waals surface area contributed by atoms with Crippen molar-refractivity contribution < 1.29 is 9.84 Å². The van der Waals surface area contributed by atoms with Gasteiger partial charge in [0, 0.05) is 32.4 Å². The number of aliphatic hydroxyl groups excluding tert-OH is 1. The van der Waals surface area contributed by atoms with Crippen LogP contribution in [0.5, 0.6) is 0 Å². The molecule has 0 aromatic heterocycles. The average Bonchev–Trinajstić information content (AvgIpc) is 2.25. The van der Waals surface area contributed by atoms with Crippen molar-refractivity contribution in [3.05, 3.63) is 0 Å². The lowest BCUT2D eigenvalue weighted by atomic mass is 9.82. The van der Waals surface area contributed by atoms with E-state index in [4.69, 9.17) is 9.84 Å². The van der Waals surface area contributed by atoms with Crippen LogP contribution in [0, 0.1) is 5.41 Å². The fourth-order valence-electron chi connectivity index (χ4n) is 1.96. The summed E-state index contributed by atoms with van der Waals surface area (Å²) in [5.41, 5.74) is 0.408. The number of hydrogen-bond acceptors (Lipinski definition) is 3. The first-order valence-corrected chi connectivity index (χ1v) is 6.08. The second-order valence-corrected chi connectivity index (χ2v) is 5.07. The Balaban J connectivity index is 2.16. The van der Waals surface area contributed by atoms with Gasteiger partial charge in [-0.15, -0.1) is 0 Å². The van der Waals surface area contributed by atoms with Crippen LogP contribution in [0.4, 0.5) is 0 Å². The third-order valence-corrected chi connectivity index (χ3v) is 3.37. The van der Waals surface area contributed by atoms with Crippen molar-refractivity contribution in [1.29, 1.82) is 0 Å². The summed E-state index contributed by atoms with van der Waals surface area (Å²) in [5.74, 6) is 0. The van der Waals surface area contributed by atoms with Crippen LogP contribution in [-0.4, -0.2) is 37.5 Å². The molecule has 1 fully saturated rings. The predicted molar refractivity (Wildman–Crippen MR) is 61.9 cm³/mol. The molecule has 0 saturated carbocycles.